The van der Waals surface area contributed by atoms with E-state index in [1.165, 1.54) is 6.20 Å². The first kappa shape index (κ1) is 14.4. The van der Waals surface area contributed by atoms with Gasteiger partial charge in [0.2, 0.25) is 0 Å². The standard InChI is InChI=1S/C16H14ClN3O2/c1-20-8-6-12-13(20)3-2-4-14(12)22-10-16(21)19-15-9-11(17)5-7-18-15/h2-9H,10H2,1H3,(H,18,19,21). The minimum Gasteiger partial charge on any atom is -0.483 e. The SMILES string of the molecule is Cn1ccc2c(OCC(=O)Nc3cc(Cl)ccn3)cccc21. The molecular weight excluding hydrogens is 302 g/mol. The highest BCUT2D eigenvalue weighted by atomic mass is 35.5. The number of nitrogens with one attached hydrogen (secondary N) is 1. The van der Waals surface area contributed by atoms with Gasteiger partial charge in [-0.1, -0.05) is 17.7 Å². The summed E-state index contributed by atoms with van der Waals surface area (Å²) >= 11 is 5.84. The van der Waals surface area contributed by atoms with E-state index in [0.717, 1.165) is 10.9 Å². The number of benzene rings is 1. The maximum atomic E-state index is 11.9. The number of fused-ring (bicyclic) bond motifs is 1. The summed E-state index contributed by atoms with van der Waals surface area (Å²) < 4.78 is 7.61. The van der Waals surface area contributed by atoms with Crippen LogP contribution >= 0.6 is 11.6 Å². The van der Waals surface area contributed by atoms with Gasteiger partial charge in [0.1, 0.15) is 11.6 Å². The van der Waals surface area contributed by atoms with E-state index in [1.54, 1.807) is 12.1 Å². The molecule has 0 radical (unpaired) electrons. The van der Waals surface area contributed by atoms with Gasteiger partial charge in [-0.2, -0.15) is 0 Å². The monoisotopic (exact) mass is 315 g/mol. The molecule has 0 spiro atoms. The lowest BCUT2D eigenvalue weighted by Crippen LogP contribution is -2.20. The van der Waals surface area contributed by atoms with Gasteiger partial charge in [0.05, 0.1) is 5.52 Å². The number of ether oxygens (including phenoxy) is 1. The summed E-state index contributed by atoms with van der Waals surface area (Å²) in [5.74, 6) is 0.786. The van der Waals surface area contributed by atoms with Crippen molar-refractivity contribution in [3.05, 3.63) is 53.8 Å². The van der Waals surface area contributed by atoms with Crippen LogP contribution in [0.2, 0.25) is 5.02 Å². The second-order valence-electron chi connectivity index (χ2n) is 4.81. The summed E-state index contributed by atoms with van der Waals surface area (Å²) in [7, 11) is 1.96. The molecule has 22 heavy (non-hydrogen) atoms. The molecule has 1 N–H and O–H groups in total. The molecule has 1 amide bonds. The zero-order valence-electron chi connectivity index (χ0n) is 11.9. The molecule has 6 heteroatoms. The smallest absolute Gasteiger partial charge is 0.263 e. The van der Waals surface area contributed by atoms with Gasteiger partial charge in [-0.3, -0.25) is 4.79 Å². The number of pyridine rings is 1. The van der Waals surface area contributed by atoms with E-state index in [4.69, 9.17) is 16.3 Å². The van der Waals surface area contributed by atoms with Crippen LogP contribution < -0.4 is 10.1 Å². The Hall–Kier alpha value is -2.53. The van der Waals surface area contributed by atoms with E-state index in [2.05, 4.69) is 10.3 Å². The predicted molar refractivity (Wildman–Crippen MR) is 86.3 cm³/mol. The van der Waals surface area contributed by atoms with Gasteiger partial charge in [0.25, 0.3) is 5.91 Å². The van der Waals surface area contributed by atoms with Crippen molar-refractivity contribution in [3.63, 3.8) is 0 Å². The number of halogens is 1. The van der Waals surface area contributed by atoms with Gasteiger partial charge in [0, 0.05) is 29.9 Å². The first-order valence-corrected chi connectivity index (χ1v) is 7.09. The molecule has 0 aliphatic heterocycles. The van der Waals surface area contributed by atoms with Crippen LogP contribution in [0.1, 0.15) is 0 Å². The molecule has 0 unspecified atom stereocenters. The van der Waals surface area contributed by atoms with Gasteiger partial charge in [-0.25, -0.2) is 4.98 Å². The number of amides is 1. The first-order chi connectivity index (χ1) is 10.6. The Morgan fingerprint density at radius 2 is 2.23 bits per heavy atom. The molecule has 3 aromatic rings. The number of hydrogen-bond acceptors (Lipinski definition) is 3. The number of hydrogen-bond donors (Lipinski definition) is 1. The van der Waals surface area contributed by atoms with E-state index < -0.39 is 0 Å². The number of rotatable bonds is 4. The molecule has 2 heterocycles. The zero-order chi connectivity index (χ0) is 15.5. The predicted octanol–water partition coefficient (Wildman–Crippen LogP) is 3.24. The number of nitrogens with zero attached hydrogens (tertiary/aromatic N) is 2. The highest BCUT2D eigenvalue weighted by molar-refractivity contribution is 6.30. The molecule has 0 saturated heterocycles. The number of carbonyl (C=O) groups is 1. The van der Waals surface area contributed by atoms with Gasteiger partial charge in [-0.05, 0) is 30.3 Å². The molecular formula is C16H14ClN3O2. The summed E-state index contributed by atoms with van der Waals surface area (Å²) in [6.45, 7) is -0.0950. The van der Waals surface area contributed by atoms with E-state index >= 15 is 0 Å². The Balaban J connectivity index is 1.67. The van der Waals surface area contributed by atoms with E-state index in [9.17, 15) is 4.79 Å². The Morgan fingerprint density at radius 3 is 3.05 bits per heavy atom. The third-order valence-corrected chi connectivity index (χ3v) is 3.47. The van der Waals surface area contributed by atoms with E-state index in [-0.39, 0.29) is 12.5 Å². The van der Waals surface area contributed by atoms with Crippen LogP contribution in [0.4, 0.5) is 5.82 Å². The molecule has 2 aromatic heterocycles. The van der Waals surface area contributed by atoms with Crippen molar-refractivity contribution >= 4 is 34.2 Å². The van der Waals surface area contributed by atoms with E-state index in [0.29, 0.717) is 16.6 Å². The van der Waals surface area contributed by atoms with Gasteiger partial charge in [-0.15, -0.1) is 0 Å². The fraction of sp³-hybridized carbons (Fsp3) is 0.125. The van der Waals surface area contributed by atoms with Crippen molar-refractivity contribution in [2.45, 2.75) is 0 Å². The average molecular weight is 316 g/mol. The number of anilines is 1. The Kier molecular flexibility index (Phi) is 3.98. The second kappa shape index (κ2) is 6.07. The maximum Gasteiger partial charge on any atom is 0.263 e. The quantitative estimate of drug-likeness (QED) is 0.804. The minimum absolute atomic E-state index is 0.0950. The molecule has 0 aliphatic carbocycles. The van der Waals surface area contributed by atoms with Gasteiger partial charge >= 0.3 is 0 Å². The van der Waals surface area contributed by atoms with Crippen molar-refractivity contribution in [3.8, 4) is 5.75 Å². The third kappa shape index (κ3) is 3.04. The van der Waals surface area contributed by atoms with Crippen LogP contribution in [0.15, 0.2) is 48.8 Å². The van der Waals surface area contributed by atoms with Crippen LogP contribution in [0, 0.1) is 0 Å². The number of aryl methyl sites for hydroxylation is 1. The van der Waals surface area contributed by atoms with Crippen molar-refractivity contribution < 1.29 is 9.53 Å². The molecule has 3 rings (SSSR count). The Bertz CT molecular complexity index is 829. The molecule has 1 aromatic carbocycles. The fourth-order valence-corrected chi connectivity index (χ4v) is 2.36. The number of aromatic nitrogens is 2. The van der Waals surface area contributed by atoms with Crippen molar-refractivity contribution in [2.75, 3.05) is 11.9 Å². The Morgan fingerprint density at radius 1 is 1.36 bits per heavy atom. The van der Waals surface area contributed by atoms with Crippen LogP contribution in [0.5, 0.6) is 5.75 Å². The lowest BCUT2D eigenvalue weighted by atomic mass is 10.2. The lowest BCUT2D eigenvalue weighted by Gasteiger charge is -2.08. The zero-order valence-corrected chi connectivity index (χ0v) is 12.7. The highest BCUT2D eigenvalue weighted by Crippen LogP contribution is 2.25. The molecule has 112 valence electrons. The number of carbonyl (C=O) groups excluding carboxylic acids is 1. The van der Waals surface area contributed by atoms with E-state index in [1.807, 2.05) is 42.1 Å². The second-order valence-corrected chi connectivity index (χ2v) is 5.25. The minimum atomic E-state index is -0.289. The third-order valence-electron chi connectivity index (χ3n) is 3.24. The van der Waals surface area contributed by atoms with Gasteiger partial charge in [0.15, 0.2) is 6.61 Å². The summed E-state index contributed by atoms with van der Waals surface area (Å²) in [6, 6.07) is 10.9. The van der Waals surface area contributed by atoms with Crippen LogP contribution in [-0.2, 0) is 11.8 Å². The summed E-state index contributed by atoms with van der Waals surface area (Å²) in [4.78, 5) is 15.9. The summed E-state index contributed by atoms with van der Waals surface area (Å²) in [5, 5.41) is 4.13. The first-order valence-electron chi connectivity index (χ1n) is 6.72. The topological polar surface area (TPSA) is 56.1 Å². The highest BCUT2D eigenvalue weighted by Gasteiger charge is 2.08. The molecule has 0 aliphatic rings. The van der Waals surface area contributed by atoms with Crippen molar-refractivity contribution in [1.29, 1.82) is 0 Å². The summed E-state index contributed by atoms with van der Waals surface area (Å²) in [5.41, 5.74) is 1.05. The fourth-order valence-electron chi connectivity index (χ4n) is 2.20. The summed E-state index contributed by atoms with van der Waals surface area (Å²) in [6.07, 6.45) is 3.48. The van der Waals surface area contributed by atoms with Gasteiger partial charge < -0.3 is 14.6 Å². The normalized spacial score (nSPS) is 10.6. The van der Waals surface area contributed by atoms with Crippen molar-refractivity contribution in [1.82, 2.24) is 9.55 Å². The molecule has 0 bridgehead atoms. The largest absolute Gasteiger partial charge is 0.483 e. The Labute approximate surface area is 132 Å². The molecule has 5 nitrogen and oxygen atoms in total. The average Bonchev–Trinajstić information content (AvgIpc) is 2.87. The molecule has 0 saturated carbocycles. The lowest BCUT2D eigenvalue weighted by molar-refractivity contribution is -0.118. The van der Waals surface area contributed by atoms with Crippen LogP contribution in [0.3, 0.4) is 0 Å². The maximum absolute atomic E-state index is 11.9. The molecule has 0 atom stereocenters. The van der Waals surface area contributed by atoms with Crippen molar-refractivity contribution in [2.24, 2.45) is 7.05 Å². The molecule has 0 fully saturated rings. The van der Waals surface area contributed by atoms with Crippen LogP contribution in [-0.4, -0.2) is 22.1 Å². The van der Waals surface area contributed by atoms with Crippen LogP contribution in [0.25, 0.3) is 10.9 Å².